The van der Waals surface area contributed by atoms with E-state index in [1.54, 1.807) is 35.9 Å². The molecule has 0 N–H and O–H groups in total. The van der Waals surface area contributed by atoms with Gasteiger partial charge in [-0.3, -0.25) is 14.6 Å². The van der Waals surface area contributed by atoms with Crippen molar-refractivity contribution in [3.8, 4) is 16.5 Å². The number of ether oxygens (including phenoxy) is 2. The van der Waals surface area contributed by atoms with Gasteiger partial charge in [-0.25, -0.2) is 9.97 Å². The highest BCUT2D eigenvalue weighted by Gasteiger charge is 2.20. The first-order valence-corrected chi connectivity index (χ1v) is 15.2. The molecule has 8 heteroatoms. The lowest BCUT2D eigenvalue weighted by atomic mass is 10.0. The largest absolute Gasteiger partial charge is 0.473 e. The maximum absolute atomic E-state index is 11.3. The lowest BCUT2D eigenvalue weighted by Crippen LogP contribution is -2.18. The van der Waals surface area contributed by atoms with Crippen LogP contribution in [0.3, 0.4) is 0 Å². The van der Waals surface area contributed by atoms with Crippen molar-refractivity contribution in [1.29, 1.82) is 0 Å². The first kappa shape index (κ1) is 31.9. The standard InChI is InChI=1S/C15H14N2OS.C9H11NO.C9H16O2/c1-10(2)18-15-14(13-8-5-9-19-13)16-11-6-3-4-7-12(11)17-15;1-7(2)9(11)8-4-3-5-10-6-8;1-7(2)9(10)11-8-5-3-4-6-8/h3-10H,1-2H3;3-7H,1-2H3;7-8H,3-6H2,1-2H3. The summed E-state index contributed by atoms with van der Waals surface area (Å²) in [4.78, 5) is 36.6. The number of fused-ring (bicyclic) bond motifs is 1. The van der Waals surface area contributed by atoms with Gasteiger partial charge in [0.2, 0.25) is 5.88 Å². The minimum atomic E-state index is -0.0445. The molecule has 1 aliphatic rings. The number of pyridine rings is 1. The number of hydrogen-bond acceptors (Lipinski definition) is 8. The van der Waals surface area contributed by atoms with Crippen molar-refractivity contribution in [3.63, 3.8) is 0 Å². The number of benzene rings is 1. The Balaban J connectivity index is 0.000000181. The quantitative estimate of drug-likeness (QED) is 0.162. The third kappa shape index (κ3) is 10.0. The topological polar surface area (TPSA) is 91.3 Å². The number of rotatable bonds is 7. The van der Waals surface area contributed by atoms with E-state index in [4.69, 9.17) is 14.5 Å². The fourth-order valence-electron chi connectivity index (χ4n) is 4.01. The molecular formula is C33H41N3O4S. The fourth-order valence-corrected chi connectivity index (χ4v) is 4.72. The molecule has 0 saturated heterocycles. The second-order valence-corrected chi connectivity index (χ2v) is 11.7. The van der Waals surface area contributed by atoms with Gasteiger partial charge in [-0.1, -0.05) is 45.9 Å². The minimum absolute atomic E-state index is 0.0237. The van der Waals surface area contributed by atoms with Crippen LogP contribution < -0.4 is 4.74 Å². The molecule has 1 saturated carbocycles. The molecular weight excluding hydrogens is 534 g/mol. The zero-order valence-electron chi connectivity index (χ0n) is 24.9. The van der Waals surface area contributed by atoms with Crippen LogP contribution in [0.15, 0.2) is 66.3 Å². The average Bonchev–Trinajstić information content (AvgIpc) is 3.68. The number of thiophene rings is 1. The maximum Gasteiger partial charge on any atom is 0.308 e. The monoisotopic (exact) mass is 575 g/mol. The van der Waals surface area contributed by atoms with E-state index in [0.717, 1.165) is 34.4 Å². The number of aromatic nitrogens is 3. The zero-order chi connectivity index (χ0) is 29.8. The highest BCUT2D eigenvalue weighted by Crippen LogP contribution is 2.32. The summed E-state index contributed by atoms with van der Waals surface area (Å²) >= 11 is 1.64. The second-order valence-electron chi connectivity index (χ2n) is 10.8. The van der Waals surface area contributed by atoms with Gasteiger partial charge in [-0.05, 0) is 75.2 Å². The van der Waals surface area contributed by atoms with Crippen molar-refractivity contribution >= 4 is 34.1 Å². The molecule has 0 unspecified atom stereocenters. The Hall–Kier alpha value is -3.65. The average molecular weight is 576 g/mol. The van der Waals surface area contributed by atoms with E-state index >= 15 is 0 Å². The van der Waals surface area contributed by atoms with E-state index in [9.17, 15) is 9.59 Å². The number of Topliss-reactive ketones (excluding diaryl/α,β-unsaturated/α-hetero) is 1. The lowest BCUT2D eigenvalue weighted by molar-refractivity contribution is -0.152. The molecule has 7 nitrogen and oxygen atoms in total. The van der Waals surface area contributed by atoms with Gasteiger partial charge in [0.05, 0.1) is 27.9 Å². The molecule has 5 rings (SSSR count). The molecule has 218 valence electrons. The number of carbonyl (C=O) groups is 2. The summed E-state index contributed by atoms with van der Waals surface area (Å²) in [6, 6.07) is 15.5. The molecule has 1 aliphatic carbocycles. The number of ketones is 1. The molecule has 41 heavy (non-hydrogen) atoms. The summed E-state index contributed by atoms with van der Waals surface area (Å²) in [5.74, 6) is 0.793. The predicted octanol–water partition coefficient (Wildman–Crippen LogP) is 8.19. The minimum Gasteiger partial charge on any atom is -0.473 e. The Morgan fingerprint density at radius 1 is 0.854 bits per heavy atom. The molecule has 1 aromatic carbocycles. The van der Waals surface area contributed by atoms with Crippen molar-refractivity contribution < 1.29 is 19.1 Å². The summed E-state index contributed by atoms with van der Waals surface area (Å²) in [5, 5.41) is 2.03. The maximum atomic E-state index is 11.3. The lowest BCUT2D eigenvalue weighted by Gasteiger charge is -2.12. The van der Waals surface area contributed by atoms with Crippen molar-refractivity contribution in [2.45, 2.75) is 79.4 Å². The van der Waals surface area contributed by atoms with Crippen LogP contribution in [0.2, 0.25) is 0 Å². The number of nitrogens with zero attached hydrogens (tertiary/aromatic N) is 3. The van der Waals surface area contributed by atoms with Crippen LogP contribution in [0, 0.1) is 11.8 Å². The molecule has 3 heterocycles. The first-order valence-electron chi connectivity index (χ1n) is 14.3. The molecule has 1 fully saturated rings. The SMILES string of the molecule is CC(C)C(=O)OC1CCCC1.CC(C)C(=O)c1cccnc1.CC(C)Oc1nc2ccccc2nc1-c1cccs1. The molecule has 4 aromatic rings. The molecule has 0 bridgehead atoms. The molecule has 3 aromatic heterocycles. The van der Waals surface area contributed by atoms with Crippen molar-refractivity contribution in [2.24, 2.45) is 11.8 Å². The number of esters is 1. The van der Waals surface area contributed by atoms with Crippen molar-refractivity contribution in [3.05, 3.63) is 71.9 Å². The van der Waals surface area contributed by atoms with Gasteiger partial charge in [0.1, 0.15) is 11.8 Å². The summed E-state index contributed by atoms with van der Waals surface area (Å²) in [6.45, 7) is 11.5. The van der Waals surface area contributed by atoms with Crippen molar-refractivity contribution in [2.75, 3.05) is 0 Å². The third-order valence-electron chi connectivity index (χ3n) is 6.17. The van der Waals surface area contributed by atoms with Gasteiger partial charge in [-0.15, -0.1) is 11.3 Å². The molecule has 0 aliphatic heterocycles. The molecule has 0 amide bonds. The van der Waals surface area contributed by atoms with Gasteiger partial charge in [-0.2, -0.15) is 0 Å². The van der Waals surface area contributed by atoms with E-state index in [2.05, 4.69) is 9.97 Å². The Kier molecular flexibility index (Phi) is 12.4. The summed E-state index contributed by atoms with van der Waals surface area (Å²) in [7, 11) is 0. The van der Waals surface area contributed by atoms with Gasteiger partial charge < -0.3 is 9.47 Å². The van der Waals surface area contributed by atoms with E-state index < -0.39 is 0 Å². The van der Waals surface area contributed by atoms with E-state index in [1.807, 2.05) is 83.3 Å². The van der Waals surface area contributed by atoms with Crippen LogP contribution in [0.25, 0.3) is 21.6 Å². The van der Waals surface area contributed by atoms with Crippen LogP contribution in [-0.4, -0.2) is 38.9 Å². The first-order chi connectivity index (χ1) is 19.7. The zero-order valence-corrected chi connectivity index (χ0v) is 25.7. The van der Waals surface area contributed by atoms with Gasteiger partial charge in [0.15, 0.2) is 5.78 Å². The van der Waals surface area contributed by atoms with Crippen LogP contribution in [-0.2, 0) is 9.53 Å². The Bertz CT molecular complexity index is 1370. The van der Waals surface area contributed by atoms with E-state index in [1.165, 1.54) is 12.8 Å². The number of carbonyl (C=O) groups excluding carboxylic acids is 2. The van der Waals surface area contributed by atoms with Crippen LogP contribution in [0.5, 0.6) is 5.88 Å². The highest BCUT2D eigenvalue weighted by atomic mass is 32.1. The summed E-state index contributed by atoms with van der Waals surface area (Å²) < 4.78 is 11.0. The van der Waals surface area contributed by atoms with Gasteiger partial charge >= 0.3 is 5.97 Å². The van der Waals surface area contributed by atoms with E-state index in [-0.39, 0.29) is 35.8 Å². The normalized spacial score (nSPS) is 13.0. The van der Waals surface area contributed by atoms with Gasteiger partial charge in [0.25, 0.3) is 0 Å². The smallest absolute Gasteiger partial charge is 0.308 e. The molecule has 0 atom stereocenters. The Labute approximate surface area is 247 Å². The third-order valence-corrected chi connectivity index (χ3v) is 7.04. The second kappa shape index (κ2) is 16.0. The van der Waals surface area contributed by atoms with E-state index in [0.29, 0.717) is 11.4 Å². The van der Waals surface area contributed by atoms with Crippen LogP contribution >= 0.6 is 11.3 Å². The summed E-state index contributed by atoms with van der Waals surface area (Å²) in [6.07, 6.45) is 8.14. The predicted molar refractivity (Wildman–Crippen MR) is 165 cm³/mol. The van der Waals surface area contributed by atoms with Crippen LogP contribution in [0.1, 0.15) is 77.6 Å². The number of para-hydroxylation sites is 2. The summed E-state index contributed by atoms with van der Waals surface area (Å²) in [5.41, 5.74) is 3.27. The highest BCUT2D eigenvalue weighted by molar-refractivity contribution is 7.13. The fraction of sp³-hybridized carbons (Fsp3) is 0.424. The molecule has 0 radical (unpaired) electrons. The number of hydrogen-bond donors (Lipinski definition) is 0. The van der Waals surface area contributed by atoms with Crippen molar-refractivity contribution in [1.82, 2.24) is 15.0 Å². The van der Waals surface area contributed by atoms with Crippen LogP contribution in [0.4, 0.5) is 0 Å². The molecule has 0 spiro atoms. The Morgan fingerprint density at radius 3 is 2.07 bits per heavy atom. The van der Waals surface area contributed by atoms with Gasteiger partial charge in [0, 0.05) is 23.9 Å². The Morgan fingerprint density at radius 2 is 1.54 bits per heavy atom.